The second-order valence-corrected chi connectivity index (χ2v) is 5.72. The third-order valence-corrected chi connectivity index (χ3v) is 4.01. The number of aromatic hydroxyl groups is 2. The molecule has 1 aliphatic rings. The van der Waals surface area contributed by atoms with Gasteiger partial charge in [0.05, 0.1) is 17.5 Å². The first kappa shape index (κ1) is 19.4. The van der Waals surface area contributed by atoms with Gasteiger partial charge >= 0.3 is 5.97 Å². The highest BCUT2D eigenvalue weighted by atomic mass is 35.5. The fourth-order valence-electron chi connectivity index (χ4n) is 2.87. The Morgan fingerprint density at radius 3 is 2.35 bits per heavy atom. The van der Waals surface area contributed by atoms with E-state index in [0.29, 0.717) is 5.56 Å². The van der Waals surface area contributed by atoms with Gasteiger partial charge in [0.2, 0.25) is 5.78 Å². The first-order valence-electron chi connectivity index (χ1n) is 7.60. The average Bonchev–Trinajstić information content (AvgIpc) is 2.55. The van der Waals surface area contributed by atoms with E-state index in [2.05, 4.69) is 5.32 Å². The van der Waals surface area contributed by atoms with Gasteiger partial charge in [0.1, 0.15) is 11.5 Å². The van der Waals surface area contributed by atoms with Crippen molar-refractivity contribution in [3.63, 3.8) is 0 Å². The number of hydrogen-bond donors (Lipinski definition) is 4. The average molecular weight is 378 g/mol. The number of halogens is 1. The van der Waals surface area contributed by atoms with Gasteiger partial charge < -0.3 is 20.6 Å². The minimum atomic E-state index is -0.932. The largest absolute Gasteiger partial charge is 0.507 e. The van der Waals surface area contributed by atoms with Crippen LogP contribution in [-0.2, 0) is 11.3 Å². The Morgan fingerprint density at radius 2 is 1.65 bits per heavy atom. The van der Waals surface area contributed by atoms with Crippen LogP contribution < -0.4 is 5.32 Å². The van der Waals surface area contributed by atoms with Crippen molar-refractivity contribution in [1.82, 2.24) is 5.32 Å². The molecule has 4 N–H and O–H groups in total. The summed E-state index contributed by atoms with van der Waals surface area (Å²) in [7, 11) is 0. The summed E-state index contributed by atoms with van der Waals surface area (Å²) in [5.74, 6) is -2.65. The molecule has 1 aliphatic carbocycles. The van der Waals surface area contributed by atoms with E-state index in [1.165, 1.54) is 30.3 Å². The lowest BCUT2D eigenvalue weighted by Gasteiger charge is -2.20. The molecule has 0 atom stereocenters. The summed E-state index contributed by atoms with van der Waals surface area (Å²) in [6, 6.07) is 7.08. The number of aliphatic carboxylic acids is 1. The summed E-state index contributed by atoms with van der Waals surface area (Å²) >= 11 is 0. The number of phenolic OH excluding ortho intramolecular Hbond substituents is 2. The van der Waals surface area contributed by atoms with Gasteiger partial charge in [-0.1, -0.05) is 12.1 Å². The van der Waals surface area contributed by atoms with Crippen LogP contribution in [0.4, 0.5) is 0 Å². The predicted octanol–water partition coefficient (Wildman–Crippen LogP) is 1.86. The van der Waals surface area contributed by atoms with Crippen LogP contribution in [0.5, 0.6) is 11.5 Å². The molecule has 0 bridgehead atoms. The van der Waals surface area contributed by atoms with Crippen LogP contribution in [0.1, 0.15) is 43.8 Å². The second-order valence-electron chi connectivity index (χ2n) is 5.72. The van der Waals surface area contributed by atoms with E-state index >= 15 is 0 Å². The Labute approximate surface area is 154 Å². The number of carboxylic acids is 1. The van der Waals surface area contributed by atoms with Crippen molar-refractivity contribution in [3.8, 4) is 11.5 Å². The number of phenols is 2. The summed E-state index contributed by atoms with van der Waals surface area (Å²) in [5, 5.41) is 31.6. The Kier molecular flexibility index (Phi) is 5.64. The van der Waals surface area contributed by atoms with E-state index in [1.54, 1.807) is 0 Å². The summed E-state index contributed by atoms with van der Waals surface area (Å²) in [5.41, 5.74) is 0.466. The normalized spacial score (nSPS) is 12.2. The summed E-state index contributed by atoms with van der Waals surface area (Å²) in [6.45, 7) is 0.471. The van der Waals surface area contributed by atoms with E-state index < -0.39 is 17.5 Å². The molecule has 0 aromatic heterocycles. The fraction of sp³-hybridized carbons (Fsp3) is 0.167. The minimum absolute atomic E-state index is 0. The van der Waals surface area contributed by atoms with Gasteiger partial charge in [-0.15, -0.1) is 12.4 Å². The molecule has 2 aromatic carbocycles. The van der Waals surface area contributed by atoms with E-state index in [9.17, 15) is 24.6 Å². The van der Waals surface area contributed by atoms with Crippen LogP contribution in [0.15, 0.2) is 30.3 Å². The van der Waals surface area contributed by atoms with E-state index in [-0.39, 0.29) is 65.7 Å². The number of carbonyl (C=O) groups is 3. The van der Waals surface area contributed by atoms with Crippen molar-refractivity contribution in [2.24, 2.45) is 0 Å². The number of nitrogens with one attached hydrogen (secondary N) is 1. The van der Waals surface area contributed by atoms with Crippen molar-refractivity contribution in [2.75, 3.05) is 6.54 Å². The molecule has 26 heavy (non-hydrogen) atoms. The molecule has 0 radical (unpaired) electrons. The molecule has 2 aromatic rings. The molecule has 136 valence electrons. The third-order valence-electron chi connectivity index (χ3n) is 4.01. The lowest BCUT2D eigenvalue weighted by atomic mass is 9.82. The summed E-state index contributed by atoms with van der Waals surface area (Å²) in [6.07, 6.45) is -0.0546. The Bertz CT molecular complexity index is 909. The zero-order valence-electron chi connectivity index (χ0n) is 13.5. The maximum Gasteiger partial charge on any atom is 0.304 e. The number of benzene rings is 2. The van der Waals surface area contributed by atoms with Gasteiger partial charge in [0.25, 0.3) is 0 Å². The summed E-state index contributed by atoms with van der Waals surface area (Å²) in [4.78, 5) is 35.7. The third kappa shape index (κ3) is 3.40. The molecule has 0 amide bonds. The molecule has 7 nitrogen and oxygen atoms in total. The molecule has 0 saturated carbocycles. The smallest absolute Gasteiger partial charge is 0.304 e. The molecule has 0 spiro atoms. The molecule has 0 aliphatic heterocycles. The van der Waals surface area contributed by atoms with Crippen LogP contribution in [0.3, 0.4) is 0 Å². The van der Waals surface area contributed by atoms with Gasteiger partial charge in [0.15, 0.2) is 5.78 Å². The van der Waals surface area contributed by atoms with Crippen LogP contribution in [-0.4, -0.2) is 39.4 Å². The lowest BCUT2D eigenvalue weighted by Crippen LogP contribution is -2.22. The van der Waals surface area contributed by atoms with Crippen molar-refractivity contribution < 1.29 is 29.7 Å². The van der Waals surface area contributed by atoms with Crippen LogP contribution in [0.25, 0.3) is 0 Å². The molecule has 3 rings (SSSR count). The number of ketones is 2. The van der Waals surface area contributed by atoms with Gasteiger partial charge in [0, 0.05) is 24.2 Å². The Balaban J connectivity index is 0.00000243. The van der Waals surface area contributed by atoms with Gasteiger partial charge in [-0.05, 0) is 23.8 Å². The molecule has 0 fully saturated rings. The highest BCUT2D eigenvalue weighted by molar-refractivity contribution is 6.30. The highest BCUT2D eigenvalue weighted by Gasteiger charge is 2.34. The van der Waals surface area contributed by atoms with Gasteiger partial charge in [-0.2, -0.15) is 0 Å². The highest BCUT2D eigenvalue weighted by Crippen LogP contribution is 2.37. The standard InChI is InChI=1S/C18H15NO6.ClH/c20-12-3-1-2-10-15(12)18(25)16-11(17(10)24)6-9(7-13(16)21)8-19-5-4-14(22)23;/h1-3,6-7,19-21H,4-5,8H2,(H,22,23);1H. The number of carbonyl (C=O) groups excluding carboxylic acids is 2. The summed E-state index contributed by atoms with van der Waals surface area (Å²) < 4.78 is 0. The number of rotatable bonds is 5. The van der Waals surface area contributed by atoms with E-state index in [0.717, 1.165) is 0 Å². The molecule has 8 heteroatoms. The van der Waals surface area contributed by atoms with Crippen LogP contribution >= 0.6 is 12.4 Å². The van der Waals surface area contributed by atoms with Gasteiger partial charge in [-0.3, -0.25) is 14.4 Å². The maximum atomic E-state index is 12.7. The zero-order valence-corrected chi connectivity index (χ0v) is 14.3. The second kappa shape index (κ2) is 7.55. The van der Waals surface area contributed by atoms with Crippen molar-refractivity contribution >= 4 is 29.9 Å². The van der Waals surface area contributed by atoms with Gasteiger partial charge in [-0.25, -0.2) is 0 Å². The Hall–Kier alpha value is -2.90. The SMILES string of the molecule is Cl.O=C(O)CCNCc1cc(O)c2c(c1)C(=O)c1cccc(O)c1C2=O. The zero-order chi connectivity index (χ0) is 18.1. The van der Waals surface area contributed by atoms with Crippen molar-refractivity contribution in [2.45, 2.75) is 13.0 Å². The fourth-order valence-corrected chi connectivity index (χ4v) is 2.87. The number of carboxylic acid groups (broad SMARTS) is 1. The lowest BCUT2D eigenvalue weighted by molar-refractivity contribution is -0.136. The monoisotopic (exact) mass is 377 g/mol. The molecule has 0 unspecified atom stereocenters. The van der Waals surface area contributed by atoms with Crippen LogP contribution in [0, 0.1) is 0 Å². The first-order chi connectivity index (χ1) is 11.9. The molecular formula is C18H16ClNO6. The number of hydrogen-bond acceptors (Lipinski definition) is 6. The molecule has 0 saturated heterocycles. The maximum absolute atomic E-state index is 12.7. The topological polar surface area (TPSA) is 124 Å². The minimum Gasteiger partial charge on any atom is -0.507 e. The van der Waals surface area contributed by atoms with Crippen molar-refractivity contribution in [3.05, 3.63) is 58.1 Å². The number of fused-ring (bicyclic) bond motifs is 2. The Morgan fingerprint density at radius 1 is 0.962 bits per heavy atom. The van der Waals surface area contributed by atoms with E-state index in [1.807, 2.05) is 0 Å². The first-order valence-corrected chi connectivity index (χ1v) is 7.60. The van der Waals surface area contributed by atoms with Crippen molar-refractivity contribution in [1.29, 1.82) is 0 Å². The predicted molar refractivity (Wildman–Crippen MR) is 94.3 cm³/mol. The molecular weight excluding hydrogens is 362 g/mol. The van der Waals surface area contributed by atoms with Crippen LogP contribution in [0.2, 0.25) is 0 Å². The molecule has 0 heterocycles. The quantitative estimate of drug-likeness (QED) is 0.500. The van der Waals surface area contributed by atoms with E-state index in [4.69, 9.17) is 5.11 Å².